The van der Waals surface area contributed by atoms with Crippen molar-refractivity contribution in [3.05, 3.63) is 57.9 Å². The van der Waals surface area contributed by atoms with E-state index in [4.69, 9.17) is 0 Å². The molecule has 1 aliphatic carbocycles. The highest BCUT2D eigenvalue weighted by atomic mass is 32.1. The first-order chi connectivity index (χ1) is 10.3. The van der Waals surface area contributed by atoms with Gasteiger partial charge in [0, 0.05) is 15.8 Å². The maximum atomic E-state index is 12.5. The third-order valence-corrected chi connectivity index (χ3v) is 5.13. The van der Waals surface area contributed by atoms with E-state index in [1.54, 1.807) is 11.3 Å². The number of hydrogen-bond acceptors (Lipinski definition) is 2. The highest BCUT2D eigenvalue weighted by molar-refractivity contribution is 7.10. The van der Waals surface area contributed by atoms with Crippen LogP contribution in [0.25, 0.3) is 10.9 Å². The normalized spacial score (nSPS) is 17.6. The van der Waals surface area contributed by atoms with Gasteiger partial charge in [0.1, 0.15) is 5.69 Å². The molecular formula is C17H16N2OS. The lowest BCUT2D eigenvalue weighted by Crippen LogP contribution is -2.30. The lowest BCUT2D eigenvalue weighted by atomic mass is 9.94. The average Bonchev–Trinajstić information content (AvgIpc) is 3.14. The topological polar surface area (TPSA) is 44.9 Å². The van der Waals surface area contributed by atoms with Crippen LogP contribution in [0.4, 0.5) is 0 Å². The van der Waals surface area contributed by atoms with Crippen molar-refractivity contribution in [1.82, 2.24) is 10.3 Å². The van der Waals surface area contributed by atoms with E-state index in [1.165, 1.54) is 10.4 Å². The second-order valence-electron chi connectivity index (χ2n) is 5.49. The molecule has 0 saturated carbocycles. The van der Waals surface area contributed by atoms with Crippen molar-refractivity contribution in [2.75, 3.05) is 0 Å². The predicted molar refractivity (Wildman–Crippen MR) is 85.8 cm³/mol. The molecule has 1 amide bonds. The Bertz CT molecular complexity index is 769. The van der Waals surface area contributed by atoms with Crippen LogP contribution < -0.4 is 5.32 Å². The Morgan fingerprint density at radius 3 is 3.10 bits per heavy atom. The third-order valence-electron chi connectivity index (χ3n) is 4.13. The Hall–Kier alpha value is -2.07. The van der Waals surface area contributed by atoms with Crippen molar-refractivity contribution < 1.29 is 4.79 Å². The van der Waals surface area contributed by atoms with Crippen molar-refractivity contribution in [1.29, 1.82) is 0 Å². The Labute approximate surface area is 127 Å². The molecule has 1 aromatic carbocycles. The summed E-state index contributed by atoms with van der Waals surface area (Å²) in [4.78, 5) is 17.1. The molecule has 3 aromatic rings. The average molecular weight is 296 g/mol. The molecule has 0 bridgehead atoms. The van der Waals surface area contributed by atoms with E-state index in [-0.39, 0.29) is 11.9 Å². The van der Waals surface area contributed by atoms with Gasteiger partial charge in [0.2, 0.25) is 0 Å². The first-order valence-corrected chi connectivity index (χ1v) is 8.14. The van der Waals surface area contributed by atoms with E-state index in [9.17, 15) is 4.79 Å². The molecule has 1 aliphatic rings. The zero-order valence-corrected chi connectivity index (χ0v) is 12.4. The Balaban J connectivity index is 1.59. The number of rotatable bonds is 2. The van der Waals surface area contributed by atoms with E-state index >= 15 is 0 Å². The van der Waals surface area contributed by atoms with E-state index in [0.717, 1.165) is 30.2 Å². The summed E-state index contributed by atoms with van der Waals surface area (Å²) in [6, 6.07) is 12.2. The number of aromatic nitrogens is 1. The molecule has 1 atom stereocenters. The molecule has 1 unspecified atom stereocenters. The summed E-state index contributed by atoms with van der Waals surface area (Å²) in [7, 11) is 0. The molecule has 0 fully saturated rings. The summed E-state index contributed by atoms with van der Waals surface area (Å²) in [5.74, 6) is -0.0183. The molecule has 4 rings (SSSR count). The number of hydrogen-bond donors (Lipinski definition) is 2. The summed E-state index contributed by atoms with van der Waals surface area (Å²) >= 11 is 1.80. The van der Waals surface area contributed by atoms with Gasteiger partial charge >= 0.3 is 0 Å². The molecule has 0 aliphatic heterocycles. The zero-order chi connectivity index (χ0) is 14.2. The maximum absolute atomic E-state index is 12.5. The van der Waals surface area contributed by atoms with Crippen LogP contribution >= 0.6 is 11.3 Å². The number of carbonyl (C=O) groups excluding carboxylic acids is 1. The third kappa shape index (κ3) is 2.25. The van der Waals surface area contributed by atoms with Crippen LogP contribution in [-0.4, -0.2) is 10.9 Å². The second-order valence-corrected chi connectivity index (χ2v) is 6.49. The van der Waals surface area contributed by atoms with Crippen LogP contribution in [0, 0.1) is 0 Å². The predicted octanol–water partition coefficient (Wildman–Crippen LogP) is 4.04. The van der Waals surface area contributed by atoms with Gasteiger partial charge in [0.25, 0.3) is 5.91 Å². The number of para-hydroxylation sites is 1. The number of H-pyrrole nitrogens is 1. The van der Waals surface area contributed by atoms with Crippen molar-refractivity contribution in [3.8, 4) is 0 Å². The van der Waals surface area contributed by atoms with Gasteiger partial charge in [0.15, 0.2) is 0 Å². The van der Waals surface area contributed by atoms with Crippen LogP contribution in [0.1, 0.15) is 39.8 Å². The van der Waals surface area contributed by atoms with Crippen LogP contribution in [0.3, 0.4) is 0 Å². The van der Waals surface area contributed by atoms with Crippen LogP contribution in [0.5, 0.6) is 0 Å². The summed E-state index contributed by atoms with van der Waals surface area (Å²) < 4.78 is 0. The first kappa shape index (κ1) is 12.7. The summed E-state index contributed by atoms with van der Waals surface area (Å²) in [5, 5.41) is 6.37. The van der Waals surface area contributed by atoms with E-state index in [2.05, 4.69) is 21.7 Å². The van der Waals surface area contributed by atoms with Crippen molar-refractivity contribution in [2.45, 2.75) is 25.3 Å². The van der Waals surface area contributed by atoms with Gasteiger partial charge in [-0.05, 0) is 48.4 Å². The van der Waals surface area contributed by atoms with Gasteiger partial charge in [-0.2, -0.15) is 0 Å². The second kappa shape index (κ2) is 5.04. The monoisotopic (exact) mass is 296 g/mol. The fraction of sp³-hybridized carbons (Fsp3) is 0.235. The fourth-order valence-electron chi connectivity index (χ4n) is 3.07. The van der Waals surface area contributed by atoms with E-state index in [1.807, 2.05) is 30.3 Å². The summed E-state index contributed by atoms with van der Waals surface area (Å²) in [6.07, 6.45) is 3.31. The van der Waals surface area contributed by atoms with Crippen molar-refractivity contribution >= 4 is 28.1 Å². The SMILES string of the molecule is O=C(NC1CCCc2sccc21)c1cc2ccccc2[nH]1. The number of carbonyl (C=O) groups is 1. The lowest BCUT2D eigenvalue weighted by molar-refractivity contribution is 0.0928. The molecule has 0 spiro atoms. The van der Waals surface area contributed by atoms with Gasteiger partial charge in [-0.15, -0.1) is 11.3 Å². The van der Waals surface area contributed by atoms with Gasteiger partial charge in [-0.1, -0.05) is 18.2 Å². The van der Waals surface area contributed by atoms with Crippen molar-refractivity contribution in [3.63, 3.8) is 0 Å². The van der Waals surface area contributed by atoms with Gasteiger partial charge in [-0.3, -0.25) is 4.79 Å². The molecular weight excluding hydrogens is 280 g/mol. The van der Waals surface area contributed by atoms with Gasteiger partial charge < -0.3 is 10.3 Å². The van der Waals surface area contributed by atoms with E-state index < -0.39 is 0 Å². The maximum Gasteiger partial charge on any atom is 0.268 e. The van der Waals surface area contributed by atoms with Crippen LogP contribution in [-0.2, 0) is 6.42 Å². The minimum absolute atomic E-state index is 0.0183. The fourth-order valence-corrected chi connectivity index (χ4v) is 4.06. The number of benzene rings is 1. The molecule has 21 heavy (non-hydrogen) atoms. The van der Waals surface area contributed by atoms with E-state index in [0.29, 0.717) is 5.69 Å². The number of thiophene rings is 1. The molecule has 4 heteroatoms. The van der Waals surface area contributed by atoms with Crippen LogP contribution in [0.2, 0.25) is 0 Å². The van der Waals surface area contributed by atoms with Gasteiger partial charge in [0.05, 0.1) is 6.04 Å². The molecule has 2 aromatic heterocycles. The highest BCUT2D eigenvalue weighted by Crippen LogP contribution is 2.33. The minimum Gasteiger partial charge on any atom is -0.351 e. The molecule has 2 N–H and O–H groups in total. The largest absolute Gasteiger partial charge is 0.351 e. The molecule has 106 valence electrons. The zero-order valence-electron chi connectivity index (χ0n) is 11.6. The number of aryl methyl sites for hydroxylation is 1. The number of nitrogens with one attached hydrogen (secondary N) is 2. The van der Waals surface area contributed by atoms with Crippen LogP contribution in [0.15, 0.2) is 41.8 Å². The Kier molecular flexibility index (Phi) is 3.04. The molecule has 2 heterocycles. The summed E-state index contributed by atoms with van der Waals surface area (Å²) in [6.45, 7) is 0. The molecule has 3 nitrogen and oxygen atoms in total. The number of fused-ring (bicyclic) bond motifs is 2. The molecule has 0 saturated heterocycles. The summed E-state index contributed by atoms with van der Waals surface area (Å²) in [5.41, 5.74) is 2.94. The lowest BCUT2D eigenvalue weighted by Gasteiger charge is -2.23. The Morgan fingerprint density at radius 1 is 1.29 bits per heavy atom. The first-order valence-electron chi connectivity index (χ1n) is 7.26. The highest BCUT2D eigenvalue weighted by Gasteiger charge is 2.23. The quantitative estimate of drug-likeness (QED) is 0.736. The van der Waals surface area contributed by atoms with Crippen molar-refractivity contribution in [2.24, 2.45) is 0 Å². The minimum atomic E-state index is -0.0183. The number of aromatic amines is 1. The standard InChI is InChI=1S/C17H16N2OS/c20-17(15-10-11-4-1-2-5-13(11)18-15)19-14-6-3-7-16-12(14)8-9-21-16/h1-2,4-5,8-10,14,18H,3,6-7H2,(H,19,20). The Morgan fingerprint density at radius 2 is 2.19 bits per heavy atom. The van der Waals surface area contributed by atoms with Gasteiger partial charge in [-0.25, -0.2) is 0 Å². The smallest absolute Gasteiger partial charge is 0.268 e. The number of amides is 1. The molecule has 0 radical (unpaired) electrons.